The molecule has 1 aromatic rings. The average Bonchev–Trinajstić information content (AvgIpc) is 2.42. The van der Waals surface area contributed by atoms with E-state index >= 15 is 0 Å². The van der Waals surface area contributed by atoms with E-state index in [1.54, 1.807) is 26.8 Å². The van der Waals surface area contributed by atoms with E-state index in [4.69, 9.17) is 9.47 Å². The summed E-state index contributed by atoms with van der Waals surface area (Å²) >= 11 is 0. The van der Waals surface area contributed by atoms with E-state index in [2.05, 4.69) is 10.6 Å². The Labute approximate surface area is 123 Å². The Hall–Kier alpha value is -2.24. The van der Waals surface area contributed by atoms with Crippen molar-refractivity contribution in [2.24, 2.45) is 0 Å². The van der Waals surface area contributed by atoms with Crippen LogP contribution in [0.15, 0.2) is 24.3 Å². The number of para-hydroxylation sites is 2. The second-order valence-electron chi connectivity index (χ2n) is 5.79. The van der Waals surface area contributed by atoms with Crippen LogP contribution in [0, 0.1) is 0 Å². The van der Waals surface area contributed by atoms with Crippen LogP contribution in [-0.2, 0) is 14.3 Å². The number of amides is 1. The standard InChI is InChI=1S/C15H20N2O4/c1-15(2,3)21-13(18)9-17-14(19)12-8-16-10-6-4-5-7-11(10)20-12/h4-7,12,16H,8-9H2,1-3H3,(H,17,19). The first-order chi connectivity index (χ1) is 9.85. The van der Waals surface area contributed by atoms with Crippen LogP contribution in [0.5, 0.6) is 5.75 Å². The molecule has 114 valence electrons. The molecule has 0 spiro atoms. The van der Waals surface area contributed by atoms with Gasteiger partial charge in [-0.3, -0.25) is 9.59 Å². The lowest BCUT2D eigenvalue weighted by molar-refractivity contribution is -0.154. The fraction of sp³-hybridized carbons (Fsp3) is 0.467. The smallest absolute Gasteiger partial charge is 0.325 e. The van der Waals surface area contributed by atoms with Crippen molar-refractivity contribution in [2.75, 3.05) is 18.4 Å². The van der Waals surface area contributed by atoms with Gasteiger partial charge < -0.3 is 20.1 Å². The average molecular weight is 292 g/mol. The third-order valence-corrected chi connectivity index (χ3v) is 2.75. The van der Waals surface area contributed by atoms with Crippen molar-refractivity contribution in [3.05, 3.63) is 24.3 Å². The van der Waals surface area contributed by atoms with Gasteiger partial charge in [-0.05, 0) is 32.9 Å². The van der Waals surface area contributed by atoms with Gasteiger partial charge in [0.25, 0.3) is 5.91 Å². The highest BCUT2D eigenvalue weighted by Crippen LogP contribution is 2.28. The van der Waals surface area contributed by atoms with Crippen LogP contribution in [0.25, 0.3) is 0 Å². The lowest BCUT2D eigenvalue weighted by Gasteiger charge is -2.26. The molecule has 6 heteroatoms. The van der Waals surface area contributed by atoms with Gasteiger partial charge in [-0.1, -0.05) is 12.1 Å². The Morgan fingerprint density at radius 1 is 1.38 bits per heavy atom. The minimum Gasteiger partial charge on any atom is -0.477 e. The number of esters is 1. The van der Waals surface area contributed by atoms with Crippen molar-refractivity contribution in [3.8, 4) is 5.75 Å². The van der Waals surface area contributed by atoms with E-state index in [1.165, 1.54) is 0 Å². The number of benzene rings is 1. The molecule has 2 N–H and O–H groups in total. The second-order valence-corrected chi connectivity index (χ2v) is 5.79. The number of carbonyl (C=O) groups excluding carboxylic acids is 2. The number of hydrogen-bond donors (Lipinski definition) is 2. The zero-order valence-corrected chi connectivity index (χ0v) is 12.4. The number of rotatable bonds is 3. The van der Waals surface area contributed by atoms with Crippen molar-refractivity contribution in [1.29, 1.82) is 0 Å². The number of hydrogen-bond acceptors (Lipinski definition) is 5. The van der Waals surface area contributed by atoms with E-state index in [-0.39, 0.29) is 12.5 Å². The van der Waals surface area contributed by atoms with Crippen molar-refractivity contribution in [3.63, 3.8) is 0 Å². The summed E-state index contributed by atoms with van der Waals surface area (Å²) in [5.41, 5.74) is 0.289. The molecule has 1 heterocycles. The fourth-order valence-corrected chi connectivity index (χ4v) is 1.91. The summed E-state index contributed by atoms with van der Waals surface area (Å²) in [5.74, 6) is -0.191. The lowest BCUT2D eigenvalue weighted by atomic mass is 10.2. The van der Waals surface area contributed by atoms with E-state index < -0.39 is 17.7 Å². The third-order valence-electron chi connectivity index (χ3n) is 2.75. The highest BCUT2D eigenvalue weighted by Gasteiger charge is 2.26. The normalized spacial score (nSPS) is 17.0. The highest BCUT2D eigenvalue weighted by atomic mass is 16.6. The quantitative estimate of drug-likeness (QED) is 0.822. The third kappa shape index (κ3) is 4.37. The molecule has 1 aliphatic heterocycles. The molecule has 0 saturated carbocycles. The molecule has 1 atom stereocenters. The Balaban J connectivity index is 1.84. The van der Waals surface area contributed by atoms with Crippen molar-refractivity contribution in [2.45, 2.75) is 32.5 Å². The van der Waals surface area contributed by atoms with E-state index in [1.807, 2.05) is 18.2 Å². The zero-order valence-electron chi connectivity index (χ0n) is 12.4. The largest absolute Gasteiger partial charge is 0.477 e. The summed E-state index contributed by atoms with van der Waals surface area (Å²) in [7, 11) is 0. The number of fused-ring (bicyclic) bond motifs is 1. The van der Waals surface area contributed by atoms with Crippen LogP contribution in [0.2, 0.25) is 0 Å². The predicted molar refractivity (Wildman–Crippen MR) is 78.2 cm³/mol. The number of carbonyl (C=O) groups is 2. The molecular weight excluding hydrogens is 272 g/mol. The first-order valence-electron chi connectivity index (χ1n) is 6.84. The van der Waals surface area contributed by atoms with E-state index in [9.17, 15) is 9.59 Å². The first kappa shape index (κ1) is 15.2. The summed E-state index contributed by atoms with van der Waals surface area (Å²) in [6, 6.07) is 7.39. The van der Waals surface area contributed by atoms with Crippen molar-refractivity contribution >= 4 is 17.6 Å². The molecule has 0 fully saturated rings. The van der Waals surface area contributed by atoms with Crippen LogP contribution >= 0.6 is 0 Å². The topological polar surface area (TPSA) is 76.7 Å². The number of anilines is 1. The highest BCUT2D eigenvalue weighted by molar-refractivity contribution is 5.86. The van der Waals surface area contributed by atoms with Crippen LogP contribution < -0.4 is 15.4 Å². The molecule has 0 bridgehead atoms. The molecule has 0 saturated heterocycles. The van der Waals surface area contributed by atoms with Gasteiger partial charge in [-0.15, -0.1) is 0 Å². The summed E-state index contributed by atoms with van der Waals surface area (Å²) in [5, 5.41) is 5.64. The molecule has 6 nitrogen and oxygen atoms in total. The van der Waals surface area contributed by atoms with Crippen LogP contribution in [0.1, 0.15) is 20.8 Å². The van der Waals surface area contributed by atoms with Gasteiger partial charge in [-0.25, -0.2) is 0 Å². The van der Waals surface area contributed by atoms with E-state index in [0.29, 0.717) is 12.3 Å². The van der Waals surface area contributed by atoms with Crippen molar-refractivity contribution < 1.29 is 19.1 Å². The van der Waals surface area contributed by atoms with Gasteiger partial charge >= 0.3 is 5.97 Å². The lowest BCUT2D eigenvalue weighted by Crippen LogP contribution is -2.46. The van der Waals surface area contributed by atoms with Gasteiger partial charge in [0.1, 0.15) is 17.9 Å². The van der Waals surface area contributed by atoms with Crippen LogP contribution in [0.4, 0.5) is 5.69 Å². The summed E-state index contributed by atoms with van der Waals surface area (Å²) in [6.45, 7) is 5.52. The maximum absolute atomic E-state index is 12.0. The second kappa shape index (κ2) is 6.03. The van der Waals surface area contributed by atoms with Gasteiger partial charge in [0, 0.05) is 0 Å². The minimum absolute atomic E-state index is 0.169. The maximum atomic E-state index is 12.0. The summed E-state index contributed by atoms with van der Waals surface area (Å²) in [4.78, 5) is 23.5. The molecule has 0 aliphatic carbocycles. The van der Waals surface area contributed by atoms with Crippen LogP contribution in [0.3, 0.4) is 0 Å². The number of ether oxygens (including phenoxy) is 2. The Morgan fingerprint density at radius 2 is 2.10 bits per heavy atom. The summed E-state index contributed by atoms with van der Waals surface area (Å²) < 4.78 is 10.7. The molecular formula is C15H20N2O4. The SMILES string of the molecule is CC(C)(C)OC(=O)CNC(=O)C1CNc2ccccc2O1. The molecule has 1 unspecified atom stereocenters. The Bertz CT molecular complexity index is 537. The van der Waals surface area contributed by atoms with Gasteiger partial charge in [0.15, 0.2) is 6.10 Å². The Morgan fingerprint density at radius 3 is 2.81 bits per heavy atom. The molecule has 0 radical (unpaired) electrons. The maximum Gasteiger partial charge on any atom is 0.325 e. The summed E-state index contributed by atoms with van der Waals surface area (Å²) in [6.07, 6.45) is -0.665. The van der Waals surface area contributed by atoms with Gasteiger partial charge in [0.2, 0.25) is 0 Å². The fourth-order valence-electron chi connectivity index (χ4n) is 1.91. The number of nitrogens with one attached hydrogen (secondary N) is 2. The van der Waals surface area contributed by atoms with Gasteiger partial charge in [-0.2, -0.15) is 0 Å². The molecule has 0 aromatic heterocycles. The first-order valence-corrected chi connectivity index (χ1v) is 6.84. The zero-order chi connectivity index (χ0) is 15.5. The minimum atomic E-state index is -0.665. The molecule has 1 aromatic carbocycles. The Kier molecular flexibility index (Phi) is 4.35. The van der Waals surface area contributed by atoms with Crippen LogP contribution in [-0.4, -0.2) is 36.7 Å². The molecule has 21 heavy (non-hydrogen) atoms. The monoisotopic (exact) mass is 292 g/mol. The molecule has 2 rings (SSSR count). The van der Waals surface area contributed by atoms with Gasteiger partial charge in [0.05, 0.1) is 12.2 Å². The van der Waals surface area contributed by atoms with E-state index in [0.717, 1.165) is 5.69 Å². The predicted octanol–water partition coefficient (Wildman–Crippen LogP) is 1.32. The molecule has 1 aliphatic rings. The van der Waals surface area contributed by atoms with Crippen molar-refractivity contribution in [1.82, 2.24) is 5.32 Å². The molecule has 1 amide bonds.